The van der Waals surface area contributed by atoms with Gasteiger partial charge in [-0.25, -0.2) is 9.59 Å². The van der Waals surface area contributed by atoms with E-state index in [9.17, 15) is 35.9 Å². The largest absolute Gasteiger partial charge is 0.464 e. The summed E-state index contributed by atoms with van der Waals surface area (Å²) in [7, 11) is 0.591. The lowest BCUT2D eigenvalue weighted by atomic mass is 9.87. The minimum atomic E-state index is -5.06. The molecule has 1 saturated heterocycles. The lowest BCUT2D eigenvalue weighted by Crippen LogP contribution is -2.50. The van der Waals surface area contributed by atoms with E-state index in [1.807, 2.05) is 0 Å². The molecule has 15 heteroatoms. The van der Waals surface area contributed by atoms with Crippen molar-refractivity contribution in [2.45, 2.75) is 57.3 Å². The molecule has 0 unspecified atom stereocenters. The predicted molar refractivity (Wildman–Crippen MR) is 143 cm³/mol. The summed E-state index contributed by atoms with van der Waals surface area (Å²) in [6.07, 6.45) is -11.1. The highest BCUT2D eigenvalue weighted by Gasteiger charge is 2.41. The molecule has 2 aromatic carbocycles. The average Bonchev–Trinajstić information content (AvgIpc) is 3.73. The molecule has 3 rings (SSSR count). The zero-order valence-corrected chi connectivity index (χ0v) is 24.0. The van der Waals surface area contributed by atoms with Crippen molar-refractivity contribution in [3.05, 3.63) is 82.6 Å². The van der Waals surface area contributed by atoms with E-state index < -0.39 is 72.0 Å². The fourth-order valence-electron chi connectivity index (χ4n) is 3.96. The standard InChI is InChI=1S/C28H31BF6N2O6/c1-17(18-11-20(27(30,31)32)13-21(12-18)28(33,34)35)41-15-26(19-9-7-6-8-10-19,36-24(39)43-25(2,3)4)14-22(23(38)40-5)37-29-16-42-29/h6-14,17,37H,15-16H2,1-5H3,(H,36,39)/b22-14-/t17-,26-/m1/s1. The number of amides is 1. The summed E-state index contributed by atoms with van der Waals surface area (Å²) in [6, 6.07) is 9.22. The van der Waals surface area contributed by atoms with Gasteiger partial charge in [0.2, 0.25) is 0 Å². The van der Waals surface area contributed by atoms with Gasteiger partial charge in [-0.2, -0.15) is 26.3 Å². The van der Waals surface area contributed by atoms with E-state index in [2.05, 4.69) is 10.5 Å². The lowest BCUT2D eigenvalue weighted by molar-refractivity contribution is -0.143. The number of rotatable bonds is 10. The molecule has 1 aliphatic rings. The normalized spacial score (nSPS) is 16.2. The number of esters is 1. The number of methoxy groups -OCH3 is 1. The summed E-state index contributed by atoms with van der Waals surface area (Å²) < 4.78 is 102. The fraction of sp³-hybridized carbons (Fsp3) is 0.429. The van der Waals surface area contributed by atoms with E-state index in [-0.39, 0.29) is 18.3 Å². The highest BCUT2D eigenvalue weighted by Crippen LogP contribution is 2.38. The maximum absolute atomic E-state index is 13.5. The molecule has 2 atom stereocenters. The molecule has 0 radical (unpaired) electrons. The predicted octanol–water partition coefficient (Wildman–Crippen LogP) is 5.93. The number of benzene rings is 2. The third-order valence-electron chi connectivity index (χ3n) is 6.10. The van der Waals surface area contributed by atoms with Crippen LogP contribution >= 0.6 is 0 Å². The first-order chi connectivity index (χ1) is 19.8. The molecule has 0 aromatic heterocycles. The number of carbonyl (C=O) groups is 2. The van der Waals surface area contributed by atoms with Crippen LogP contribution in [0.3, 0.4) is 0 Å². The van der Waals surface area contributed by atoms with E-state index in [1.54, 1.807) is 51.1 Å². The van der Waals surface area contributed by atoms with Gasteiger partial charge in [0, 0.05) is 0 Å². The summed E-state index contributed by atoms with van der Waals surface area (Å²) in [5.74, 6) is -0.845. The van der Waals surface area contributed by atoms with Gasteiger partial charge in [-0.1, -0.05) is 30.3 Å². The van der Waals surface area contributed by atoms with Crippen LogP contribution < -0.4 is 10.5 Å². The first kappa shape index (κ1) is 33.8. The van der Waals surface area contributed by atoms with Crippen molar-refractivity contribution in [3.63, 3.8) is 0 Å². The van der Waals surface area contributed by atoms with Gasteiger partial charge in [-0.05, 0) is 63.1 Å². The quantitative estimate of drug-likeness (QED) is 0.112. The number of ether oxygens (including phenoxy) is 3. The van der Waals surface area contributed by atoms with Crippen molar-refractivity contribution in [2.24, 2.45) is 0 Å². The Kier molecular flexibility index (Phi) is 10.1. The van der Waals surface area contributed by atoms with Crippen molar-refractivity contribution in [3.8, 4) is 0 Å². The topological polar surface area (TPSA) is 98.4 Å². The number of hydrogen-bond donors (Lipinski definition) is 2. The summed E-state index contributed by atoms with van der Waals surface area (Å²) >= 11 is 0. The molecule has 43 heavy (non-hydrogen) atoms. The summed E-state index contributed by atoms with van der Waals surface area (Å²) in [6.45, 7) is 5.81. The van der Waals surface area contributed by atoms with Crippen molar-refractivity contribution in [2.75, 3.05) is 20.2 Å². The number of nitrogens with one attached hydrogen (secondary N) is 2. The van der Waals surface area contributed by atoms with Crippen LogP contribution in [0.25, 0.3) is 0 Å². The highest BCUT2D eigenvalue weighted by molar-refractivity contribution is 6.58. The molecule has 1 aliphatic heterocycles. The van der Waals surface area contributed by atoms with Crippen molar-refractivity contribution >= 4 is 19.1 Å². The number of alkyl carbamates (subject to hydrolysis) is 1. The van der Waals surface area contributed by atoms with Crippen LogP contribution in [-0.2, 0) is 41.6 Å². The van der Waals surface area contributed by atoms with Gasteiger partial charge in [0.05, 0.1) is 37.5 Å². The second-order valence-corrected chi connectivity index (χ2v) is 10.8. The lowest BCUT2D eigenvalue weighted by Gasteiger charge is -2.35. The van der Waals surface area contributed by atoms with E-state index in [0.29, 0.717) is 17.7 Å². The Morgan fingerprint density at radius 3 is 2.00 bits per heavy atom. The van der Waals surface area contributed by atoms with Gasteiger partial charge < -0.3 is 29.4 Å². The fourth-order valence-corrected chi connectivity index (χ4v) is 3.96. The molecular weight excluding hydrogens is 585 g/mol. The van der Waals surface area contributed by atoms with Crippen LogP contribution in [0.2, 0.25) is 0 Å². The second kappa shape index (κ2) is 12.9. The van der Waals surface area contributed by atoms with Crippen LogP contribution in [0.4, 0.5) is 31.1 Å². The average molecular weight is 616 g/mol. The Morgan fingerprint density at radius 2 is 1.53 bits per heavy atom. The summed E-state index contributed by atoms with van der Waals surface area (Å²) in [5, 5.41) is 5.50. The van der Waals surface area contributed by atoms with E-state index in [0.717, 1.165) is 7.11 Å². The number of hydrogen-bond acceptors (Lipinski definition) is 7. The van der Waals surface area contributed by atoms with Gasteiger partial charge in [-0.15, -0.1) is 0 Å². The van der Waals surface area contributed by atoms with Gasteiger partial charge in [-0.3, -0.25) is 0 Å². The molecule has 1 amide bonds. The molecule has 2 aromatic rings. The van der Waals surface area contributed by atoms with Gasteiger partial charge in [0.1, 0.15) is 16.8 Å². The highest BCUT2D eigenvalue weighted by atomic mass is 19.4. The Balaban J connectivity index is 2.12. The van der Waals surface area contributed by atoms with Crippen LogP contribution in [0.5, 0.6) is 0 Å². The van der Waals surface area contributed by atoms with Crippen LogP contribution in [-0.4, -0.2) is 44.9 Å². The van der Waals surface area contributed by atoms with Crippen LogP contribution in [0.15, 0.2) is 60.3 Å². The maximum Gasteiger partial charge on any atom is 0.438 e. The minimum Gasteiger partial charge on any atom is -0.464 e. The van der Waals surface area contributed by atoms with E-state index >= 15 is 0 Å². The molecule has 1 fully saturated rings. The Labute approximate surface area is 244 Å². The molecule has 234 valence electrons. The third kappa shape index (κ3) is 9.65. The molecule has 1 heterocycles. The molecule has 0 spiro atoms. The number of alkyl halides is 6. The van der Waals surface area contributed by atoms with E-state index in [1.165, 1.54) is 13.0 Å². The van der Waals surface area contributed by atoms with Crippen LogP contribution in [0, 0.1) is 0 Å². The second-order valence-electron chi connectivity index (χ2n) is 10.8. The maximum atomic E-state index is 13.5. The van der Waals surface area contributed by atoms with E-state index in [4.69, 9.17) is 18.9 Å². The number of carbonyl (C=O) groups excluding carboxylic acids is 2. The van der Waals surface area contributed by atoms with Crippen LogP contribution in [0.1, 0.15) is 56.1 Å². The zero-order valence-electron chi connectivity index (χ0n) is 24.0. The van der Waals surface area contributed by atoms with Crippen molar-refractivity contribution < 1.29 is 54.8 Å². The molecule has 0 aliphatic carbocycles. The molecule has 0 bridgehead atoms. The van der Waals surface area contributed by atoms with Crippen molar-refractivity contribution in [1.29, 1.82) is 0 Å². The molecular formula is C28H31BF6N2O6. The first-order valence-electron chi connectivity index (χ1n) is 13.0. The molecule has 8 nitrogen and oxygen atoms in total. The Hall–Kier alpha value is -3.72. The SMILES string of the molecule is COC(=O)/C(=C/[C@](CO[C@H](C)c1cc(C(F)(F)F)cc(C(F)(F)F)c1)(NC(=O)OC(C)(C)C)c1ccccc1)NB1CO1. The third-order valence-corrected chi connectivity index (χ3v) is 6.10. The Morgan fingerprint density at radius 1 is 0.977 bits per heavy atom. The van der Waals surface area contributed by atoms with Gasteiger partial charge in [0.15, 0.2) is 0 Å². The molecule has 0 saturated carbocycles. The summed E-state index contributed by atoms with van der Waals surface area (Å²) in [4.78, 5) is 25.8. The smallest absolute Gasteiger partial charge is 0.438 e. The monoisotopic (exact) mass is 616 g/mol. The summed E-state index contributed by atoms with van der Waals surface area (Å²) in [5.41, 5.74) is -5.94. The van der Waals surface area contributed by atoms with Gasteiger partial charge in [0.25, 0.3) is 0 Å². The number of halogens is 6. The van der Waals surface area contributed by atoms with Crippen molar-refractivity contribution in [1.82, 2.24) is 10.5 Å². The van der Waals surface area contributed by atoms with Gasteiger partial charge >= 0.3 is 31.5 Å². The first-order valence-corrected chi connectivity index (χ1v) is 13.0. The zero-order chi connectivity index (χ0) is 32.2. The minimum absolute atomic E-state index is 0.0194. The molecule has 2 N–H and O–H groups in total. The Bertz CT molecular complexity index is 1290.